The Morgan fingerprint density at radius 2 is 1.93 bits per heavy atom. The van der Waals surface area contributed by atoms with Crippen molar-refractivity contribution < 1.29 is 36.7 Å². The molecule has 0 saturated carbocycles. The van der Waals surface area contributed by atoms with Gasteiger partial charge >= 0.3 is 0 Å². The molecule has 3 N–H and O–H groups in total. The fourth-order valence-corrected chi connectivity index (χ4v) is 4.23. The van der Waals surface area contributed by atoms with E-state index in [0.717, 1.165) is 42.0 Å². The summed E-state index contributed by atoms with van der Waals surface area (Å²) < 4.78 is 4.80. The summed E-state index contributed by atoms with van der Waals surface area (Å²) in [7, 11) is 3.52. The monoisotopic (exact) mass is 627 g/mol. The molecule has 0 aliphatic carbocycles. The van der Waals surface area contributed by atoms with Crippen LogP contribution in [0.15, 0.2) is 66.2 Å². The van der Waals surface area contributed by atoms with Gasteiger partial charge in [0.1, 0.15) is 12.7 Å². The van der Waals surface area contributed by atoms with E-state index in [0.29, 0.717) is 23.8 Å². The van der Waals surface area contributed by atoms with Gasteiger partial charge in [0.2, 0.25) is 0 Å². The first-order valence-corrected chi connectivity index (χ1v) is 13.7. The summed E-state index contributed by atoms with van der Waals surface area (Å²) in [5.41, 5.74) is 12.5. The summed E-state index contributed by atoms with van der Waals surface area (Å²) in [4.78, 5) is 24.3. The second-order valence-corrected chi connectivity index (χ2v) is 9.64. The van der Waals surface area contributed by atoms with E-state index in [9.17, 15) is 4.79 Å². The van der Waals surface area contributed by atoms with Crippen LogP contribution in [0.4, 0.5) is 5.69 Å². The smallest absolute Gasteiger partial charge is 0.253 e. The molecule has 1 aromatic carbocycles. The van der Waals surface area contributed by atoms with Gasteiger partial charge in [-0.15, -0.1) is 0 Å². The van der Waals surface area contributed by atoms with Crippen LogP contribution in [0.3, 0.4) is 0 Å². The van der Waals surface area contributed by atoms with E-state index in [1.807, 2.05) is 76.4 Å². The summed E-state index contributed by atoms with van der Waals surface area (Å²) >= 11 is 0. The second kappa shape index (κ2) is 17.9. The number of aliphatic hydroxyl groups is 2. The molecule has 1 aliphatic rings. The van der Waals surface area contributed by atoms with Gasteiger partial charge < -0.3 is 22.3 Å². The number of nitrogens with zero attached hydrogens (tertiary/aromatic N) is 3. The summed E-state index contributed by atoms with van der Waals surface area (Å²) in [6.45, 7) is 15.5. The summed E-state index contributed by atoms with van der Waals surface area (Å²) in [6.07, 6.45) is 11.0. The molecule has 3 rings (SSSR count). The number of anilines is 1. The number of hydroxylamine groups is 1. The van der Waals surface area contributed by atoms with Crippen LogP contribution < -0.4 is 10.8 Å². The van der Waals surface area contributed by atoms with Crippen LogP contribution in [0, 0.1) is 13.8 Å². The van der Waals surface area contributed by atoms with Crippen molar-refractivity contribution in [2.24, 2.45) is 5.73 Å². The van der Waals surface area contributed by atoms with E-state index >= 15 is 0 Å². The normalized spacial score (nSPS) is 15.7. The Labute approximate surface area is 256 Å². The Hall–Kier alpha value is -2.68. The van der Waals surface area contributed by atoms with Crippen LogP contribution in [-0.4, -0.2) is 53.9 Å². The first kappa shape index (κ1) is 35.3. The molecule has 0 bridgehead atoms. The van der Waals surface area contributed by atoms with Crippen molar-refractivity contribution in [1.82, 2.24) is 9.88 Å². The maximum Gasteiger partial charge on any atom is 0.253 e. The Morgan fingerprint density at radius 3 is 2.55 bits per heavy atom. The Balaban J connectivity index is 0.00000261. The number of aromatic nitrogens is 1. The van der Waals surface area contributed by atoms with Gasteiger partial charge in [-0.3, -0.25) is 14.6 Å². The van der Waals surface area contributed by atoms with E-state index in [1.54, 1.807) is 30.3 Å². The molecule has 0 fully saturated rings. The zero-order valence-electron chi connectivity index (χ0n) is 25.1. The number of hydrogen-bond acceptors (Lipinski definition) is 5. The molecular weight excluding hydrogens is 581 g/mol. The van der Waals surface area contributed by atoms with Gasteiger partial charge in [0, 0.05) is 83.4 Å². The number of amides is 1. The van der Waals surface area contributed by atoms with Crippen LogP contribution in [0.2, 0.25) is 0 Å². The Morgan fingerprint density at radius 1 is 1.25 bits per heavy atom. The molecule has 1 aromatic heterocycles. The van der Waals surface area contributed by atoms with E-state index in [1.165, 1.54) is 5.56 Å². The van der Waals surface area contributed by atoms with E-state index in [4.69, 9.17) is 15.3 Å². The molecule has 8 heteroatoms. The second-order valence-electron chi connectivity index (χ2n) is 9.64. The molecule has 2 heterocycles. The predicted octanol–water partition coefficient (Wildman–Crippen LogP) is 5.94. The van der Waals surface area contributed by atoms with Crippen molar-refractivity contribution in [3.63, 3.8) is 0 Å². The van der Waals surface area contributed by atoms with Crippen LogP contribution in [0.5, 0.6) is 0 Å². The number of carbonyl (C=O) groups is 1. The molecule has 2 atom stereocenters. The van der Waals surface area contributed by atoms with Crippen molar-refractivity contribution in [2.45, 2.75) is 59.5 Å². The molecule has 2 aromatic rings. The zero-order valence-corrected chi connectivity index (χ0v) is 27.3. The first-order chi connectivity index (χ1) is 18.7. The van der Waals surface area contributed by atoms with Gasteiger partial charge in [0.05, 0.1) is 5.69 Å². The van der Waals surface area contributed by atoms with Crippen LogP contribution in [0.25, 0.3) is 6.08 Å². The minimum atomic E-state index is -0.151. The molecule has 217 valence electrons. The number of nitrogens with two attached hydrogens (primary N) is 1. The topological polar surface area (TPSA) is 84.5 Å². The maximum absolute atomic E-state index is 12.1. The van der Waals surface area contributed by atoms with Gasteiger partial charge in [-0.2, -0.15) is 6.42 Å². The third kappa shape index (κ3) is 10.4. The number of aryl methyl sites for hydroxylation is 1. The van der Waals surface area contributed by atoms with Gasteiger partial charge in [-0.05, 0) is 68.7 Å². The van der Waals surface area contributed by atoms with Gasteiger partial charge in [0.15, 0.2) is 6.61 Å². The van der Waals surface area contributed by atoms with Gasteiger partial charge in [-0.1, -0.05) is 26.0 Å². The third-order valence-corrected chi connectivity index (χ3v) is 6.28. The molecule has 7 nitrogen and oxygen atoms in total. The molecule has 1 aliphatic heterocycles. The molecule has 2 unspecified atom stereocenters. The van der Waals surface area contributed by atoms with E-state index in [-0.39, 0.29) is 34.4 Å². The fraction of sp³-hybridized carbons (Fsp3) is 0.406. The van der Waals surface area contributed by atoms with Gasteiger partial charge in [0.25, 0.3) is 5.91 Å². The van der Waals surface area contributed by atoms with E-state index in [2.05, 4.69) is 24.9 Å². The number of ether oxygens (including phenoxy) is 1. The molecule has 0 saturated heterocycles. The molecule has 40 heavy (non-hydrogen) atoms. The summed E-state index contributed by atoms with van der Waals surface area (Å²) in [6, 6.07) is 9.80. The van der Waals surface area contributed by atoms with Crippen LogP contribution in [-0.2, 0) is 27.2 Å². The molecule has 1 radical (unpaired) electrons. The fourth-order valence-electron chi connectivity index (χ4n) is 4.23. The minimum absolute atomic E-state index is 0. The zero-order chi connectivity index (χ0) is 28.9. The summed E-state index contributed by atoms with van der Waals surface area (Å²) in [5.74, 6) is 0.314. The van der Waals surface area contributed by atoms with Crippen LogP contribution >= 0.6 is 0 Å². The average Bonchev–Trinajstić information content (AvgIpc) is 3.10. The molecular formula is C32H46N4NbO3. The Kier molecular flexibility index (Phi) is 15.8. The minimum Gasteiger partial charge on any atom is -0.430 e. The summed E-state index contributed by atoms with van der Waals surface area (Å²) in [5, 5.41) is 1.75. The molecule has 1 amide bonds. The van der Waals surface area contributed by atoms with Crippen molar-refractivity contribution in [3.8, 4) is 0 Å². The number of pyridine rings is 1. The SMILES string of the molecule is CC.[CH2-]CC(CC[OH+]C/C(C)=C/c1c(N2C=CC(N)=CC(C)O2)ccnc1C)c1ccc(C(=O)N(C)C)cc1.[Nb]. The number of carbonyl (C=O) groups excluding carboxylic acids is 1. The number of rotatable bonds is 10. The van der Waals surface area contributed by atoms with E-state index < -0.39 is 0 Å². The number of allylic oxidation sites excluding steroid dienone is 1. The third-order valence-electron chi connectivity index (χ3n) is 6.28. The largest absolute Gasteiger partial charge is 0.430 e. The predicted molar refractivity (Wildman–Crippen MR) is 162 cm³/mol. The number of hydrogen-bond donors (Lipinski definition) is 1. The van der Waals surface area contributed by atoms with Crippen molar-refractivity contribution >= 4 is 17.7 Å². The van der Waals surface area contributed by atoms with Crippen molar-refractivity contribution in [3.05, 3.63) is 95.5 Å². The van der Waals surface area contributed by atoms with Gasteiger partial charge in [-0.25, -0.2) is 5.06 Å². The average molecular weight is 628 g/mol. The Bertz CT molecular complexity index is 1160. The quantitative estimate of drug-likeness (QED) is 0.153. The van der Waals surface area contributed by atoms with Crippen LogP contribution in [0.1, 0.15) is 73.6 Å². The van der Waals surface area contributed by atoms with Crippen molar-refractivity contribution in [1.29, 1.82) is 0 Å². The molecule has 0 spiro atoms. The maximum atomic E-state index is 12.1. The standard InChI is InChI=1S/C30H39N4O3.C2H6.Nb/c1-7-24(25-8-10-26(11-9-25)30(35)33(5)6)14-17-36-20-21(2)18-28-23(4)32-15-12-29(28)34-16-13-27(31)19-22(3)37-34;1-2;/h8-13,15-16,18-19,22,24H,1,7,14,17,20,31H2,2-6H3;1-2H3;/q-1;;/p+1/b21-18+;;. The first-order valence-electron chi connectivity index (χ1n) is 13.7. The number of benzene rings is 1. The van der Waals surface area contributed by atoms with Crippen molar-refractivity contribution in [2.75, 3.05) is 32.4 Å².